The predicted molar refractivity (Wildman–Crippen MR) is 62.8 cm³/mol. The van der Waals surface area contributed by atoms with Crippen LogP contribution in [0.5, 0.6) is 0 Å². The molecule has 0 aliphatic carbocycles. The number of fused-ring (bicyclic) bond motifs is 1. The molecule has 0 unspecified atom stereocenters. The minimum Gasteiger partial charge on any atom is -0.364 e. The van der Waals surface area contributed by atoms with Crippen LogP contribution in [0.25, 0.3) is 5.65 Å². The highest BCUT2D eigenvalue weighted by Crippen LogP contribution is 2.06. The first-order valence-corrected chi connectivity index (χ1v) is 5.35. The molecule has 7 heteroatoms. The van der Waals surface area contributed by atoms with Crippen molar-refractivity contribution in [2.24, 2.45) is 5.73 Å². The quantitative estimate of drug-likeness (QED) is 0.703. The number of amides is 1. The number of hydrogen-bond donors (Lipinski definition) is 1. The van der Waals surface area contributed by atoms with Gasteiger partial charge in [-0.25, -0.2) is 9.67 Å². The smallest absolute Gasteiger partial charge is 0.270 e. The molecule has 0 aliphatic heterocycles. The van der Waals surface area contributed by atoms with Crippen LogP contribution in [0.4, 0.5) is 0 Å². The standard InChI is InChI=1S/C11H10N6O/c12-11(18)9-7-17(15-14-9)6-8-5-16-4-2-1-3-10(16)13-8/h1-5,7H,6H2,(H2,12,18). The summed E-state index contributed by atoms with van der Waals surface area (Å²) in [4.78, 5) is 15.3. The second kappa shape index (κ2) is 3.95. The summed E-state index contributed by atoms with van der Waals surface area (Å²) in [5, 5.41) is 7.49. The van der Waals surface area contributed by atoms with Gasteiger partial charge in [0.25, 0.3) is 5.91 Å². The first-order valence-electron chi connectivity index (χ1n) is 5.35. The number of pyridine rings is 1. The highest BCUT2D eigenvalue weighted by molar-refractivity contribution is 5.90. The van der Waals surface area contributed by atoms with Crippen molar-refractivity contribution >= 4 is 11.6 Å². The van der Waals surface area contributed by atoms with E-state index in [0.717, 1.165) is 11.3 Å². The Hall–Kier alpha value is -2.70. The van der Waals surface area contributed by atoms with Gasteiger partial charge in [-0.3, -0.25) is 4.79 Å². The molecule has 3 heterocycles. The Morgan fingerprint density at radius 3 is 2.94 bits per heavy atom. The fraction of sp³-hybridized carbons (Fsp3) is 0.0909. The third-order valence-electron chi connectivity index (χ3n) is 2.53. The molecular formula is C11H10N6O. The normalized spacial score (nSPS) is 10.9. The van der Waals surface area contributed by atoms with Crippen molar-refractivity contribution in [3.05, 3.63) is 48.2 Å². The van der Waals surface area contributed by atoms with Gasteiger partial charge < -0.3 is 10.1 Å². The summed E-state index contributed by atoms with van der Waals surface area (Å²) in [5.41, 5.74) is 6.96. The maximum absolute atomic E-state index is 10.9. The van der Waals surface area contributed by atoms with Crippen LogP contribution in [0.3, 0.4) is 0 Å². The highest BCUT2D eigenvalue weighted by Gasteiger charge is 2.08. The minimum absolute atomic E-state index is 0.152. The number of aromatic nitrogens is 5. The Labute approximate surface area is 102 Å². The van der Waals surface area contributed by atoms with Gasteiger partial charge in [-0.15, -0.1) is 5.10 Å². The fourth-order valence-electron chi connectivity index (χ4n) is 1.72. The van der Waals surface area contributed by atoms with Crippen molar-refractivity contribution in [2.45, 2.75) is 6.54 Å². The third kappa shape index (κ3) is 1.81. The lowest BCUT2D eigenvalue weighted by molar-refractivity contribution is 0.0995. The van der Waals surface area contributed by atoms with E-state index in [1.807, 2.05) is 35.0 Å². The number of nitrogens with two attached hydrogens (primary N) is 1. The number of hydrogen-bond acceptors (Lipinski definition) is 4. The Morgan fingerprint density at radius 1 is 1.33 bits per heavy atom. The molecule has 2 N–H and O–H groups in total. The van der Waals surface area contributed by atoms with Crippen molar-refractivity contribution in [3.8, 4) is 0 Å². The van der Waals surface area contributed by atoms with Crippen molar-refractivity contribution in [3.63, 3.8) is 0 Å². The summed E-state index contributed by atoms with van der Waals surface area (Å²) in [6.07, 6.45) is 5.33. The van der Waals surface area contributed by atoms with Gasteiger partial charge in [0.1, 0.15) is 5.65 Å². The van der Waals surface area contributed by atoms with E-state index >= 15 is 0 Å². The first kappa shape index (κ1) is 10.5. The average Bonchev–Trinajstić information content (AvgIpc) is 2.94. The Bertz CT molecular complexity index is 680. The molecular weight excluding hydrogens is 232 g/mol. The summed E-state index contributed by atoms with van der Waals surface area (Å²) in [6, 6.07) is 5.77. The number of carbonyl (C=O) groups excluding carboxylic acids is 1. The van der Waals surface area contributed by atoms with E-state index in [9.17, 15) is 4.79 Å². The molecule has 0 bridgehead atoms. The van der Waals surface area contributed by atoms with E-state index < -0.39 is 5.91 Å². The molecule has 90 valence electrons. The average molecular weight is 242 g/mol. The van der Waals surface area contributed by atoms with Gasteiger partial charge in [0.05, 0.1) is 18.4 Å². The molecule has 3 aromatic heterocycles. The maximum Gasteiger partial charge on any atom is 0.270 e. The molecule has 18 heavy (non-hydrogen) atoms. The van der Waals surface area contributed by atoms with Crippen LogP contribution in [0, 0.1) is 0 Å². The molecule has 0 aromatic carbocycles. The van der Waals surface area contributed by atoms with Gasteiger partial charge in [-0.2, -0.15) is 0 Å². The SMILES string of the molecule is NC(=O)c1cn(Cc2cn3ccccc3n2)nn1. The molecule has 0 radical (unpaired) electrons. The molecule has 0 spiro atoms. The molecule has 0 fully saturated rings. The number of carbonyl (C=O) groups is 1. The molecule has 7 nitrogen and oxygen atoms in total. The van der Waals surface area contributed by atoms with Gasteiger partial charge in [0, 0.05) is 12.4 Å². The van der Waals surface area contributed by atoms with Gasteiger partial charge in [0.2, 0.25) is 0 Å². The molecule has 0 atom stereocenters. The summed E-state index contributed by atoms with van der Waals surface area (Å²) < 4.78 is 3.45. The fourth-order valence-corrected chi connectivity index (χ4v) is 1.72. The van der Waals surface area contributed by atoms with Gasteiger partial charge in [0.15, 0.2) is 5.69 Å². The van der Waals surface area contributed by atoms with Crippen molar-refractivity contribution in [1.82, 2.24) is 24.4 Å². The predicted octanol–water partition coefficient (Wildman–Crippen LogP) is 0.0730. The van der Waals surface area contributed by atoms with Gasteiger partial charge in [-0.1, -0.05) is 11.3 Å². The maximum atomic E-state index is 10.9. The zero-order chi connectivity index (χ0) is 12.5. The molecule has 0 saturated carbocycles. The number of primary amides is 1. The molecule has 3 aromatic rings. The van der Waals surface area contributed by atoms with E-state index in [1.165, 1.54) is 10.9 Å². The van der Waals surface area contributed by atoms with E-state index in [1.54, 1.807) is 0 Å². The number of rotatable bonds is 3. The molecule has 3 rings (SSSR count). The molecule has 1 amide bonds. The Balaban J connectivity index is 1.88. The van der Waals surface area contributed by atoms with Crippen molar-refractivity contribution in [2.75, 3.05) is 0 Å². The van der Waals surface area contributed by atoms with Gasteiger partial charge in [-0.05, 0) is 12.1 Å². The van der Waals surface area contributed by atoms with Crippen LogP contribution in [-0.2, 0) is 6.54 Å². The van der Waals surface area contributed by atoms with Gasteiger partial charge >= 0.3 is 0 Å². The second-order valence-electron chi connectivity index (χ2n) is 3.86. The van der Waals surface area contributed by atoms with Crippen LogP contribution < -0.4 is 5.73 Å². The zero-order valence-corrected chi connectivity index (χ0v) is 9.39. The van der Waals surface area contributed by atoms with E-state index in [2.05, 4.69) is 15.3 Å². The lowest BCUT2D eigenvalue weighted by Crippen LogP contribution is -2.11. The lowest BCUT2D eigenvalue weighted by Gasteiger charge is -1.93. The van der Waals surface area contributed by atoms with E-state index in [4.69, 9.17) is 5.73 Å². The summed E-state index contributed by atoms with van der Waals surface area (Å²) in [5.74, 6) is -0.587. The zero-order valence-electron chi connectivity index (χ0n) is 9.39. The Morgan fingerprint density at radius 2 is 2.22 bits per heavy atom. The Kier molecular flexibility index (Phi) is 2.30. The molecule has 0 saturated heterocycles. The summed E-state index contributed by atoms with van der Waals surface area (Å²) >= 11 is 0. The summed E-state index contributed by atoms with van der Waals surface area (Å²) in [7, 11) is 0. The largest absolute Gasteiger partial charge is 0.364 e. The van der Waals surface area contributed by atoms with E-state index in [0.29, 0.717) is 6.54 Å². The third-order valence-corrected chi connectivity index (χ3v) is 2.53. The highest BCUT2D eigenvalue weighted by atomic mass is 16.1. The topological polar surface area (TPSA) is 91.1 Å². The van der Waals surface area contributed by atoms with Crippen LogP contribution in [0.15, 0.2) is 36.8 Å². The number of nitrogens with zero attached hydrogens (tertiary/aromatic N) is 5. The van der Waals surface area contributed by atoms with Crippen molar-refractivity contribution < 1.29 is 4.79 Å². The summed E-state index contributed by atoms with van der Waals surface area (Å²) in [6.45, 7) is 0.446. The monoisotopic (exact) mass is 242 g/mol. The first-order chi connectivity index (χ1) is 8.72. The van der Waals surface area contributed by atoms with Crippen LogP contribution in [0.2, 0.25) is 0 Å². The molecule has 0 aliphatic rings. The minimum atomic E-state index is -0.587. The number of imidazole rings is 1. The van der Waals surface area contributed by atoms with Crippen LogP contribution in [-0.4, -0.2) is 30.3 Å². The van der Waals surface area contributed by atoms with Crippen LogP contribution in [0.1, 0.15) is 16.2 Å². The van der Waals surface area contributed by atoms with Crippen molar-refractivity contribution in [1.29, 1.82) is 0 Å². The van der Waals surface area contributed by atoms with E-state index in [-0.39, 0.29) is 5.69 Å². The second-order valence-corrected chi connectivity index (χ2v) is 3.86. The lowest BCUT2D eigenvalue weighted by atomic mass is 10.4. The van der Waals surface area contributed by atoms with Crippen LogP contribution >= 0.6 is 0 Å².